The first-order valence-corrected chi connectivity index (χ1v) is 20.8. The van der Waals surface area contributed by atoms with Gasteiger partial charge >= 0.3 is 0 Å². The van der Waals surface area contributed by atoms with E-state index in [-0.39, 0.29) is 44.6 Å². The summed E-state index contributed by atoms with van der Waals surface area (Å²) in [6, 6.07) is 13.9. The number of hydrogen-bond acceptors (Lipinski definition) is 0. The zero-order valence-corrected chi connectivity index (χ0v) is 37.8. The molecule has 0 aliphatic heterocycles. The van der Waals surface area contributed by atoms with Crippen molar-refractivity contribution in [2.24, 2.45) is 16.7 Å². The van der Waals surface area contributed by atoms with Crippen molar-refractivity contribution in [3.05, 3.63) is 129 Å². The molecule has 3 atom stereocenters. The van der Waals surface area contributed by atoms with E-state index in [9.17, 15) is 0 Å². The third kappa shape index (κ3) is 6.83. The molecule has 0 spiro atoms. The second kappa shape index (κ2) is 13.2. The topological polar surface area (TPSA) is 0 Å². The molecule has 0 saturated carbocycles. The molecule has 0 aromatic heterocycles. The Morgan fingerprint density at radius 2 is 1.14 bits per heavy atom. The second-order valence-corrected chi connectivity index (χ2v) is 22.9. The molecule has 3 aliphatic carbocycles. The summed E-state index contributed by atoms with van der Waals surface area (Å²) in [5.41, 5.74) is 5.34. The van der Waals surface area contributed by atoms with Crippen LogP contribution in [0.1, 0.15) is 180 Å². The smallest absolute Gasteiger partial charge is 0.195 e. The highest BCUT2D eigenvalue weighted by molar-refractivity contribution is 5.96. The van der Waals surface area contributed by atoms with Gasteiger partial charge in [-0.2, -0.15) is 0 Å². The highest BCUT2D eigenvalue weighted by atomic mass is 19.2. The molecule has 3 aromatic carbocycles. The molecule has 3 aromatic rings. The van der Waals surface area contributed by atoms with Gasteiger partial charge in [-0.3, -0.25) is 0 Å². The van der Waals surface area contributed by atoms with Crippen LogP contribution >= 0.6 is 0 Å². The molecule has 0 fully saturated rings. The number of halogens is 4. The van der Waals surface area contributed by atoms with Gasteiger partial charge in [0.15, 0.2) is 17.5 Å². The number of hydrogen-bond donors (Lipinski definition) is 0. The Balaban J connectivity index is 1.66. The number of rotatable bonds is 4. The molecular formula is C53H66F4. The van der Waals surface area contributed by atoms with E-state index in [1.54, 1.807) is 12.1 Å². The SMILES string of the molecule is C=C(F)/C(=C(F)\C(F)=C(/F)c1cc(C(C)(C)C)cc2c1C1C=CC(C)(C(C)(C)C)CC1C2(C)C)c1cc(C(C)(C)C)cc2c1-c1ccc(C(C)(C)C)cc1C2(C)C. The van der Waals surface area contributed by atoms with Gasteiger partial charge in [0.1, 0.15) is 5.83 Å². The Kier molecular flexibility index (Phi) is 9.92. The quantitative estimate of drug-likeness (QED) is 0.141. The minimum atomic E-state index is -1.71. The third-order valence-electron chi connectivity index (χ3n) is 14.4. The van der Waals surface area contributed by atoms with Crippen LogP contribution in [0, 0.1) is 16.7 Å². The minimum Gasteiger partial charge on any atom is -0.207 e. The molecular weight excluding hydrogens is 713 g/mol. The molecule has 0 amide bonds. The lowest BCUT2D eigenvalue weighted by atomic mass is 9.56. The van der Waals surface area contributed by atoms with Crippen molar-refractivity contribution >= 4 is 11.4 Å². The van der Waals surface area contributed by atoms with Crippen LogP contribution in [0.15, 0.2) is 78.7 Å². The van der Waals surface area contributed by atoms with Crippen LogP contribution in [0.2, 0.25) is 0 Å². The number of allylic oxidation sites excluding steroid dienone is 6. The first-order chi connectivity index (χ1) is 25.7. The van der Waals surface area contributed by atoms with Gasteiger partial charge in [0, 0.05) is 16.9 Å². The molecule has 0 N–H and O–H groups in total. The van der Waals surface area contributed by atoms with Crippen molar-refractivity contribution in [1.82, 2.24) is 0 Å². The fraction of sp³-hybridized carbons (Fsp3) is 0.509. The van der Waals surface area contributed by atoms with Crippen molar-refractivity contribution in [3.8, 4) is 11.1 Å². The number of benzene rings is 3. The van der Waals surface area contributed by atoms with Crippen LogP contribution in [-0.2, 0) is 27.1 Å². The minimum absolute atomic E-state index is 0.0237. The Hall–Kier alpha value is -3.66. The van der Waals surface area contributed by atoms with Crippen LogP contribution in [0.5, 0.6) is 0 Å². The van der Waals surface area contributed by atoms with Crippen molar-refractivity contribution < 1.29 is 17.6 Å². The summed E-state index contributed by atoms with van der Waals surface area (Å²) in [4.78, 5) is 0. The maximum absolute atomic E-state index is 17.4. The lowest BCUT2D eigenvalue weighted by molar-refractivity contribution is 0.0946. The van der Waals surface area contributed by atoms with Gasteiger partial charge in [0.25, 0.3) is 0 Å². The average molecular weight is 779 g/mol. The highest BCUT2D eigenvalue weighted by Crippen LogP contribution is 2.63. The van der Waals surface area contributed by atoms with E-state index in [4.69, 9.17) is 0 Å². The van der Waals surface area contributed by atoms with Crippen molar-refractivity contribution in [2.45, 2.75) is 157 Å². The summed E-state index contributed by atoms with van der Waals surface area (Å²) in [7, 11) is 0. The lowest BCUT2D eigenvalue weighted by Gasteiger charge is -2.48. The third-order valence-corrected chi connectivity index (χ3v) is 14.4. The zero-order chi connectivity index (χ0) is 43.0. The molecule has 0 nitrogen and oxygen atoms in total. The Morgan fingerprint density at radius 1 is 0.632 bits per heavy atom. The summed E-state index contributed by atoms with van der Waals surface area (Å²) in [5.74, 6) is -5.87. The summed E-state index contributed by atoms with van der Waals surface area (Å²) < 4.78 is 68.0. The summed E-state index contributed by atoms with van der Waals surface area (Å²) in [6.45, 7) is 39.9. The van der Waals surface area contributed by atoms with Crippen LogP contribution in [0.3, 0.4) is 0 Å². The molecule has 0 saturated heterocycles. The standard InChI is InChI=1S/C53H66F4/c1-29(54)41(35-23-31(48(5,6)7)26-38-42(35)33-20-19-30(47(2,3)4)25-37(33)51(38,14)15)45(56)46(57)44(55)36-24-32(49(8,9)10)27-39-43(36)34-21-22-53(18,50(11,12)13)28-40(34)52(39,16)17/h19-27,34,40H,1,28H2,2-18H3/b45-41-,46-44+. The summed E-state index contributed by atoms with van der Waals surface area (Å²) in [5, 5.41) is 0. The monoisotopic (exact) mass is 779 g/mol. The number of fused-ring (bicyclic) bond motifs is 6. The van der Waals surface area contributed by atoms with Crippen LogP contribution < -0.4 is 0 Å². The fourth-order valence-electron chi connectivity index (χ4n) is 9.67. The summed E-state index contributed by atoms with van der Waals surface area (Å²) >= 11 is 0. The Bertz CT molecular complexity index is 2280. The first kappa shape index (κ1) is 42.9. The second-order valence-electron chi connectivity index (χ2n) is 22.9. The fourth-order valence-corrected chi connectivity index (χ4v) is 9.67. The predicted molar refractivity (Wildman–Crippen MR) is 235 cm³/mol. The van der Waals surface area contributed by atoms with E-state index in [0.29, 0.717) is 11.1 Å². The van der Waals surface area contributed by atoms with Crippen molar-refractivity contribution in [1.29, 1.82) is 0 Å². The summed E-state index contributed by atoms with van der Waals surface area (Å²) in [6.07, 6.45) is 5.28. The molecule has 306 valence electrons. The Morgan fingerprint density at radius 3 is 1.65 bits per heavy atom. The van der Waals surface area contributed by atoms with Gasteiger partial charge in [-0.15, -0.1) is 0 Å². The first-order valence-electron chi connectivity index (χ1n) is 20.8. The maximum atomic E-state index is 17.4. The molecule has 3 aliphatic rings. The highest BCUT2D eigenvalue weighted by Gasteiger charge is 2.53. The molecule has 4 heteroatoms. The largest absolute Gasteiger partial charge is 0.207 e. The van der Waals surface area contributed by atoms with E-state index in [1.807, 2.05) is 47.6 Å². The molecule has 0 heterocycles. The Labute approximate surface area is 341 Å². The van der Waals surface area contributed by atoms with E-state index >= 15 is 17.6 Å². The molecule has 0 bridgehead atoms. The van der Waals surface area contributed by atoms with E-state index < -0.39 is 45.1 Å². The van der Waals surface area contributed by atoms with Gasteiger partial charge in [-0.25, -0.2) is 17.6 Å². The predicted octanol–water partition coefficient (Wildman–Crippen LogP) is 16.4. The van der Waals surface area contributed by atoms with Gasteiger partial charge in [-0.05, 0) is 113 Å². The normalized spacial score (nSPS) is 23.3. The van der Waals surface area contributed by atoms with Gasteiger partial charge in [0.2, 0.25) is 0 Å². The van der Waals surface area contributed by atoms with Gasteiger partial charge < -0.3 is 0 Å². The van der Waals surface area contributed by atoms with Crippen LogP contribution in [0.25, 0.3) is 22.5 Å². The average Bonchev–Trinajstić information content (AvgIpc) is 3.44. The zero-order valence-electron chi connectivity index (χ0n) is 37.8. The van der Waals surface area contributed by atoms with Crippen LogP contribution in [-0.4, -0.2) is 0 Å². The van der Waals surface area contributed by atoms with Gasteiger partial charge in [-0.1, -0.05) is 167 Å². The molecule has 0 radical (unpaired) electrons. The van der Waals surface area contributed by atoms with Crippen molar-refractivity contribution in [3.63, 3.8) is 0 Å². The molecule has 57 heavy (non-hydrogen) atoms. The van der Waals surface area contributed by atoms with E-state index in [1.165, 1.54) is 0 Å². The van der Waals surface area contributed by atoms with E-state index in [0.717, 1.165) is 45.4 Å². The molecule has 6 rings (SSSR count). The van der Waals surface area contributed by atoms with E-state index in [2.05, 4.69) is 119 Å². The molecule has 3 unspecified atom stereocenters. The van der Waals surface area contributed by atoms with Crippen molar-refractivity contribution in [2.75, 3.05) is 0 Å². The maximum Gasteiger partial charge on any atom is 0.195 e. The lowest BCUT2D eigenvalue weighted by Crippen LogP contribution is -2.40. The van der Waals surface area contributed by atoms with Gasteiger partial charge in [0.05, 0.1) is 5.57 Å². The van der Waals surface area contributed by atoms with Crippen LogP contribution in [0.4, 0.5) is 17.6 Å².